The Kier molecular flexibility index (Phi) is 2.70. The van der Waals surface area contributed by atoms with Gasteiger partial charge in [0.15, 0.2) is 0 Å². The highest BCUT2D eigenvalue weighted by Gasteiger charge is 2.12. The first-order chi connectivity index (χ1) is 6.79. The van der Waals surface area contributed by atoms with Crippen molar-refractivity contribution in [3.05, 3.63) is 58.3 Å². The highest BCUT2D eigenvalue weighted by Crippen LogP contribution is 2.27. The van der Waals surface area contributed by atoms with Crippen LogP contribution in [0.5, 0.6) is 0 Å². The molecule has 3 heteroatoms. The summed E-state index contributed by atoms with van der Waals surface area (Å²) in [6.07, 6.45) is 3.02. The highest BCUT2D eigenvalue weighted by atomic mass is 79.9. The van der Waals surface area contributed by atoms with E-state index in [-0.39, 0.29) is 0 Å². The average Bonchev–Trinajstić information content (AvgIpc) is 2.70. The average molecular weight is 252 g/mol. The second-order valence-corrected chi connectivity index (χ2v) is 3.92. The van der Waals surface area contributed by atoms with Crippen LogP contribution in [0.25, 0.3) is 0 Å². The lowest BCUT2D eigenvalue weighted by atomic mass is 10.0. The van der Waals surface area contributed by atoms with E-state index in [1.165, 1.54) is 0 Å². The molecule has 0 saturated heterocycles. The summed E-state index contributed by atoms with van der Waals surface area (Å²) in [6, 6.07) is 9.53. The monoisotopic (exact) mass is 251 g/mol. The third-order valence-electron chi connectivity index (χ3n) is 2.14. The summed E-state index contributed by atoms with van der Waals surface area (Å²) in [7, 11) is 0. The quantitative estimate of drug-likeness (QED) is 0.847. The Balaban J connectivity index is 2.37. The third kappa shape index (κ3) is 1.74. The maximum atomic E-state index is 10.0. The van der Waals surface area contributed by atoms with Crippen LogP contribution in [-0.2, 0) is 0 Å². The molecule has 1 heterocycles. The Bertz CT molecular complexity index is 411. The molecule has 0 aliphatic rings. The molecule has 72 valence electrons. The number of halogens is 1. The molecular weight excluding hydrogens is 242 g/mol. The van der Waals surface area contributed by atoms with Crippen LogP contribution in [0.15, 0.2) is 47.2 Å². The number of hydrogen-bond acceptors (Lipinski definition) is 1. The van der Waals surface area contributed by atoms with Gasteiger partial charge in [-0.15, -0.1) is 0 Å². The van der Waals surface area contributed by atoms with Gasteiger partial charge < -0.3 is 10.1 Å². The number of aromatic amines is 1. The third-order valence-corrected chi connectivity index (χ3v) is 2.86. The number of aromatic nitrogens is 1. The zero-order chi connectivity index (χ0) is 9.97. The molecule has 1 unspecified atom stereocenters. The predicted octanol–water partition coefficient (Wildman–Crippen LogP) is 2.86. The molecule has 0 amide bonds. The molecule has 0 saturated carbocycles. The molecule has 1 atom stereocenters. The summed E-state index contributed by atoms with van der Waals surface area (Å²) >= 11 is 3.41. The van der Waals surface area contributed by atoms with Crippen molar-refractivity contribution in [3.8, 4) is 0 Å². The molecule has 1 aromatic heterocycles. The van der Waals surface area contributed by atoms with Crippen molar-refractivity contribution in [1.82, 2.24) is 4.98 Å². The van der Waals surface area contributed by atoms with Crippen LogP contribution in [0, 0.1) is 0 Å². The largest absolute Gasteiger partial charge is 0.384 e. The van der Waals surface area contributed by atoms with Gasteiger partial charge in [-0.25, -0.2) is 0 Å². The standard InChI is InChI=1S/C11H10BrNO/c12-10-4-2-1-3-9(10)11(14)8-5-6-13-7-8/h1-7,11,13-14H. The summed E-state index contributed by atoms with van der Waals surface area (Å²) in [5.74, 6) is 0. The van der Waals surface area contributed by atoms with Gasteiger partial charge in [-0.2, -0.15) is 0 Å². The molecule has 14 heavy (non-hydrogen) atoms. The van der Waals surface area contributed by atoms with Crippen molar-refractivity contribution in [2.75, 3.05) is 0 Å². The van der Waals surface area contributed by atoms with E-state index in [2.05, 4.69) is 20.9 Å². The number of rotatable bonds is 2. The minimum Gasteiger partial charge on any atom is -0.384 e. The minimum absolute atomic E-state index is 0.572. The lowest BCUT2D eigenvalue weighted by Gasteiger charge is -2.10. The van der Waals surface area contributed by atoms with Crippen molar-refractivity contribution in [1.29, 1.82) is 0 Å². The molecule has 0 aliphatic heterocycles. The predicted molar refractivity (Wildman–Crippen MR) is 59.0 cm³/mol. The van der Waals surface area contributed by atoms with E-state index in [9.17, 15) is 5.11 Å². The zero-order valence-corrected chi connectivity index (χ0v) is 9.03. The van der Waals surface area contributed by atoms with Crippen molar-refractivity contribution in [2.24, 2.45) is 0 Å². The zero-order valence-electron chi connectivity index (χ0n) is 7.44. The molecule has 1 aromatic carbocycles. The van der Waals surface area contributed by atoms with Gasteiger partial charge >= 0.3 is 0 Å². The fourth-order valence-corrected chi connectivity index (χ4v) is 1.88. The Morgan fingerprint density at radius 2 is 2.00 bits per heavy atom. The number of aliphatic hydroxyl groups excluding tert-OH is 1. The Morgan fingerprint density at radius 3 is 2.64 bits per heavy atom. The smallest absolute Gasteiger partial charge is 0.107 e. The molecule has 0 fully saturated rings. The van der Waals surface area contributed by atoms with Crippen molar-refractivity contribution < 1.29 is 5.11 Å². The van der Waals surface area contributed by atoms with E-state index in [4.69, 9.17) is 0 Å². The number of nitrogens with one attached hydrogen (secondary N) is 1. The van der Waals surface area contributed by atoms with Gasteiger partial charge in [-0.05, 0) is 17.7 Å². The molecule has 0 bridgehead atoms. The van der Waals surface area contributed by atoms with E-state index in [0.717, 1.165) is 15.6 Å². The van der Waals surface area contributed by atoms with E-state index < -0.39 is 6.10 Å². The van der Waals surface area contributed by atoms with E-state index in [1.54, 1.807) is 12.4 Å². The van der Waals surface area contributed by atoms with Gasteiger partial charge in [0.1, 0.15) is 6.10 Å². The number of hydrogen-bond donors (Lipinski definition) is 2. The fraction of sp³-hybridized carbons (Fsp3) is 0.0909. The molecule has 2 N–H and O–H groups in total. The Morgan fingerprint density at radius 1 is 1.21 bits per heavy atom. The van der Waals surface area contributed by atoms with Gasteiger partial charge in [0.25, 0.3) is 0 Å². The van der Waals surface area contributed by atoms with Gasteiger partial charge in [0.05, 0.1) is 0 Å². The molecular formula is C11H10BrNO. The topological polar surface area (TPSA) is 36.0 Å². The second-order valence-electron chi connectivity index (χ2n) is 3.07. The normalized spacial score (nSPS) is 12.7. The fourth-order valence-electron chi connectivity index (χ4n) is 1.38. The van der Waals surface area contributed by atoms with Crippen LogP contribution in [0.4, 0.5) is 0 Å². The van der Waals surface area contributed by atoms with Crippen molar-refractivity contribution in [3.63, 3.8) is 0 Å². The summed E-state index contributed by atoms with van der Waals surface area (Å²) < 4.78 is 0.925. The number of H-pyrrole nitrogens is 1. The van der Waals surface area contributed by atoms with Gasteiger partial charge in [-0.1, -0.05) is 34.1 Å². The first kappa shape index (κ1) is 9.49. The lowest BCUT2D eigenvalue weighted by molar-refractivity contribution is 0.219. The van der Waals surface area contributed by atoms with Crippen LogP contribution in [0.1, 0.15) is 17.2 Å². The summed E-state index contributed by atoms with van der Waals surface area (Å²) in [4.78, 5) is 2.92. The van der Waals surface area contributed by atoms with E-state index in [0.29, 0.717) is 0 Å². The molecule has 0 spiro atoms. The highest BCUT2D eigenvalue weighted by molar-refractivity contribution is 9.10. The van der Waals surface area contributed by atoms with Crippen molar-refractivity contribution >= 4 is 15.9 Å². The summed E-state index contributed by atoms with van der Waals surface area (Å²) in [5, 5.41) is 10.0. The van der Waals surface area contributed by atoms with Gasteiger partial charge in [-0.3, -0.25) is 0 Å². The Hall–Kier alpha value is -1.06. The maximum Gasteiger partial charge on any atom is 0.107 e. The molecule has 0 aliphatic carbocycles. The van der Waals surface area contributed by atoms with E-state index in [1.807, 2.05) is 30.3 Å². The number of aliphatic hydroxyl groups is 1. The lowest BCUT2D eigenvalue weighted by Crippen LogP contribution is -1.98. The number of benzene rings is 1. The summed E-state index contributed by atoms with van der Waals surface area (Å²) in [5.41, 5.74) is 1.75. The van der Waals surface area contributed by atoms with Crippen LogP contribution in [0.3, 0.4) is 0 Å². The van der Waals surface area contributed by atoms with Crippen LogP contribution < -0.4 is 0 Å². The molecule has 2 nitrogen and oxygen atoms in total. The summed E-state index contributed by atoms with van der Waals surface area (Å²) in [6.45, 7) is 0. The van der Waals surface area contributed by atoms with Crippen molar-refractivity contribution in [2.45, 2.75) is 6.10 Å². The maximum absolute atomic E-state index is 10.0. The van der Waals surface area contributed by atoms with Crippen LogP contribution >= 0.6 is 15.9 Å². The minimum atomic E-state index is -0.572. The molecule has 2 aromatic rings. The van der Waals surface area contributed by atoms with Gasteiger partial charge in [0.2, 0.25) is 0 Å². The SMILES string of the molecule is OC(c1cc[nH]c1)c1ccccc1Br. The Labute approximate surface area is 90.7 Å². The second kappa shape index (κ2) is 3.98. The van der Waals surface area contributed by atoms with E-state index >= 15 is 0 Å². The first-order valence-corrected chi connectivity index (χ1v) is 5.13. The van der Waals surface area contributed by atoms with Crippen LogP contribution in [0.2, 0.25) is 0 Å². The molecule has 0 radical (unpaired) electrons. The van der Waals surface area contributed by atoms with Crippen LogP contribution in [-0.4, -0.2) is 10.1 Å². The first-order valence-electron chi connectivity index (χ1n) is 4.34. The van der Waals surface area contributed by atoms with Gasteiger partial charge in [0, 0.05) is 22.4 Å². The molecule has 2 rings (SSSR count).